The Kier molecular flexibility index (Phi) is 17.1. The van der Waals surface area contributed by atoms with E-state index in [0.717, 1.165) is 142 Å². The largest absolute Gasteiger partial charge is 0.493 e. The molecule has 0 fully saturated rings. The number of hydrogen-bond donors (Lipinski definition) is 3. The summed E-state index contributed by atoms with van der Waals surface area (Å²) in [4.78, 5) is 2.54. The van der Waals surface area contributed by atoms with Gasteiger partial charge in [0.05, 0.1) is 21.3 Å². The number of hydrogen-bond acceptors (Lipinski definition) is 13. The van der Waals surface area contributed by atoms with E-state index in [4.69, 9.17) is 42.6 Å². The summed E-state index contributed by atoms with van der Waals surface area (Å²) in [6.45, 7) is 9.19. The van der Waals surface area contributed by atoms with E-state index in [1.54, 1.807) is 21.3 Å². The van der Waals surface area contributed by atoms with Gasteiger partial charge < -0.3 is 58.6 Å². The third kappa shape index (κ3) is 11.8. The highest BCUT2D eigenvalue weighted by Gasteiger charge is 2.27. The van der Waals surface area contributed by atoms with Gasteiger partial charge in [0.25, 0.3) is 0 Å². The lowest BCUT2D eigenvalue weighted by molar-refractivity contribution is 0.212. The van der Waals surface area contributed by atoms with Crippen LogP contribution in [0, 0.1) is 0 Å². The van der Waals surface area contributed by atoms with Crippen LogP contribution in [-0.2, 0) is 38.9 Å². The van der Waals surface area contributed by atoms with Gasteiger partial charge in [-0.05, 0) is 85.9 Å². The van der Waals surface area contributed by atoms with E-state index in [1.165, 1.54) is 16.7 Å². The Morgan fingerprint density at radius 2 is 0.561 bits per heavy atom. The molecule has 3 N–H and O–H groups in total. The van der Waals surface area contributed by atoms with Crippen LogP contribution in [-0.4, -0.2) is 105 Å². The third-order valence-corrected chi connectivity index (χ3v) is 16.2. The average molecular weight is 1100 g/mol. The lowest BCUT2D eigenvalue weighted by Gasteiger charge is -2.23. The maximum absolute atomic E-state index is 6.62. The summed E-state index contributed by atoms with van der Waals surface area (Å²) in [6, 6.07) is 50.7. The van der Waals surface area contributed by atoms with Crippen LogP contribution >= 0.6 is 0 Å². The Morgan fingerprint density at radius 3 is 0.854 bits per heavy atom. The van der Waals surface area contributed by atoms with Crippen LogP contribution in [0.3, 0.4) is 0 Å². The fraction of sp³-hybridized carbons (Fsp3) is 0.304. The Labute approximate surface area is 480 Å². The molecule has 11 aliphatic rings. The van der Waals surface area contributed by atoms with Crippen molar-refractivity contribution in [3.05, 3.63) is 196 Å². The number of nitrogens with zero attached hydrogens (tertiary/aromatic N) is 1. The quantitative estimate of drug-likeness (QED) is 0.156. The maximum Gasteiger partial charge on any atom is 0.164 e. The first kappa shape index (κ1) is 54.4. The minimum atomic E-state index is 0.299. The molecule has 0 radical (unpaired) electrons. The highest BCUT2D eigenvalue weighted by Crippen LogP contribution is 2.45. The second-order valence-corrected chi connectivity index (χ2v) is 21.0. The molecular weight excluding hydrogens is 1030 g/mol. The molecule has 9 aromatic carbocycles. The molecule has 13 heteroatoms. The average Bonchev–Trinajstić information content (AvgIpc) is 3.87. The van der Waals surface area contributed by atoms with Crippen LogP contribution < -0.4 is 58.6 Å². The summed E-state index contributed by atoms with van der Waals surface area (Å²) in [5.74, 6) is 6.33. The lowest BCUT2D eigenvalue weighted by atomic mass is 9.93. The van der Waals surface area contributed by atoms with Crippen LogP contribution in [0.15, 0.2) is 146 Å². The van der Waals surface area contributed by atoms with Gasteiger partial charge in [-0.1, -0.05) is 109 Å². The molecule has 13 nitrogen and oxygen atoms in total. The number of methoxy groups -OCH3 is 3. The Morgan fingerprint density at radius 1 is 0.305 bits per heavy atom. The van der Waals surface area contributed by atoms with Crippen LogP contribution in [0.4, 0.5) is 0 Å². The van der Waals surface area contributed by atoms with Crippen LogP contribution in [0.1, 0.15) is 50.1 Å². The van der Waals surface area contributed by atoms with Gasteiger partial charge in [-0.25, -0.2) is 0 Å². The molecule has 10 heterocycles. The number of fused-ring (bicyclic) bond motifs is 1. The molecule has 0 aromatic heterocycles. The SMILES string of the molecule is COc1c2ccc3c1Cc1ccc4c(OC)c1Cc1ccc(c(OC)c1C3)OCCOc1ccc(c3ccccc13)CNCCN(CCNCc1ccc(c3ccccc13)OCCO2)CCNCc1ccc(c2ccccc12)OCCO4. The molecular formula is C69H72N4O9. The summed E-state index contributed by atoms with van der Waals surface area (Å²) in [5.41, 5.74) is 9.85. The summed E-state index contributed by atoms with van der Waals surface area (Å²) in [7, 11) is 5.13. The van der Waals surface area contributed by atoms with Crippen molar-refractivity contribution in [3.8, 4) is 51.7 Å². The molecule has 82 heavy (non-hydrogen) atoms. The van der Waals surface area contributed by atoms with Crippen molar-refractivity contribution in [1.82, 2.24) is 20.9 Å². The molecule has 20 rings (SSSR count). The Bertz CT molecular complexity index is 3340. The molecule has 0 unspecified atom stereocenters. The van der Waals surface area contributed by atoms with Crippen molar-refractivity contribution in [3.63, 3.8) is 0 Å². The van der Waals surface area contributed by atoms with E-state index >= 15 is 0 Å². The molecule has 0 saturated heterocycles. The molecule has 0 atom stereocenters. The summed E-state index contributed by atoms with van der Waals surface area (Å²) in [6.07, 6.45) is 1.61. The third-order valence-electron chi connectivity index (χ3n) is 16.2. The smallest absolute Gasteiger partial charge is 0.164 e. The van der Waals surface area contributed by atoms with E-state index in [2.05, 4.69) is 148 Å². The van der Waals surface area contributed by atoms with E-state index in [-0.39, 0.29) is 0 Å². The van der Waals surface area contributed by atoms with Crippen molar-refractivity contribution < 1.29 is 42.6 Å². The second-order valence-electron chi connectivity index (χ2n) is 21.0. The zero-order chi connectivity index (χ0) is 55.6. The molecule has 16 bridgehead atoms. The van der Waals surface area contributed by atoms with E-state index in [0.29, 0.717) is 93.4 Å². The molecule has 1 aliphatic carbocycles. The molecule has 9 aromatic rings. The van der Waals surface area contributed by atoms with Crippen molar-refractivity contribution in [2.45, 2.75) is 38.9 Å². The zero-order valence-corrected chi connectivity index (χ0v) is 47.2. The van der Waals surface area contributed by atoms with Crippen LogP contribution in [0.5, 0.6) is 51.7 Å². The number of rotatable bonds is 3. The molecule has 0 saturated carbocycles. The van der Waals surface area contributed by atoms with Crippen molar-refractivity contribution in [2.24, 2.45) is 0 Å². The summed E-state index contributed by atoms with van der Waals surface area (Å²) in [5, 5.41) is 18.0. The lowest BCUT2D eigenvalue weighted by Crippen LogP contribution is -2.40. The summed E-state index contributed by atoms with van der Waals surface area (Å²) >= 11 is 0. The van der Waals surface area contributed by atoms with Crippen molar-refractivity contribution in [2.75, 3.05) is 100 Å². The predicted molar refractivity (Wildman–Crippen MR) is 324 cm³/mol. The Balaban J connectivity index is 0.951. The normalized spacial score (nSPS) is 16.0. The van der Waals surface area contributed by atoms with E-state index in [1.807, 2.05) is 18.2 Å². The van der Waals surface area contributed by atoms with Crippen LogP contribution in [0.25, 0.3) is 32.3 Å². The van der Waals surface area contributed by atoms with Crippen molar-refractivity contribution >= 4 is 32.3 Å². The van der Waals surface area contributed by atoms with Crippen molar-refractivity contribution in [1.29, 1.82) is 0 Å². The van der Waals surface area contributed by atoms with Gasteiger partial charge in [-0.15, -0.1) is 0 Å². The van der Waals surface area contributed by atoms with Gasteiger partial charge >= 0.3 is 0 Å². The van der Waals surface area contributed by atoms with E-state index < -0.39 is 0 Å². The first-order valence-corrected chi connectivity index (χ1v) is 28.7. The van der Waals surface area contributed by atoms with Gasteiger partial charge in [0.15, 0.2) is 34.5 Å². The molecule has 0 spiro atoms. The molecule has 422 valence electrons. The maximum atomic E-state index is 6.62. The molecule has 10 aliphatic heterocycles. The topological polar surface area (TPSA) is 122 Å². The fourth-order valence-corrected chi connectivity index (χ4v) is 12.1. The van der Waals surface area contributed by atoms with Gasteiger partial charge in [0, 0.05) is 111 Å². The number of benzene rings is 9. The first-order chi connectivity index (χ1) is 40.5. The summed E-state index contributed by atoms with van der Waals surface area (Å²) < 4.78 is 58.5. The number of nitrogens with one attached hydrogen (secondary N) is 3. The van der Waals surface area contributed by atoms with Crippen LogP contribution in [0.2, 0.25) is 0 Å². The molecule has 0 amide bonds. The number of ether oxygens (including phenoxy) is 9. The van der Waals surface area contributed by atoms with Gasteiger partial charge in [0.1, 0.15) is 56.9 Å². The second kappa shape index (κ2) is 25.7. The zero-order valence-electron chi connectivity index (χ0n) is 47.2. The highest BCUT2D eigenvalue weighted by atomic mass is 16.6. The highest BCUT2D eigenvalue weighted by molar-refractivity contribution is 5.93. The Hall–Kier alpha value is -8.20. The minimum Gasteiger partial charge on any atom is -0.493 e. The minimum absolute atomic E-state index is 0.299. The predicted octanol–water partition coefficient (Wildman–Crippen LogP) is 11.2. The first-order valence-electron chi connectivity index (χ1n) is 28.7. The monoisotopic (exact) mass is 1100 g/mol. The van der Waals surface area contributed by atoms with E-state index in [9.17, 15) is 0 Å². The fourth-order valence-electron chi connectivity index (χ4n) is 12.1. The van der Waals surface area contributed by atoms with Gasteiger partial charge in [0.2, 0.25) is 0 Å². The standard InChI is InChI=1S/C69H72N4O9/c1-74-67-58-40-47-17-26-65-69(76-3)60(47)42-48-18-27-66-68(75-2)59(48)41-46(58)16-25-64(67)80-37-34-77-61-22-19-49(52-10-4-7-13-55(52)61)43-70-28-31-73(32-29-71-44-50-20-23-62(78-35-38-81-65)56-14-8-5-11-53(50)56)33-30-72-45-51-21-24-63(79-36-39-82-66)57-15-9-6-12-54(51)57/h4-27,70-72H,28-45H2,1-3H3. The van der Waals surface area contributed by atoms with Gasteiger partial charge in [-0.3, -0.25) is 4.90 Å². The van der Waals surface area contributed by atoms with Gasteiger partial charge in [-0.2, -0.15) is 0 Å².